The van der Waals surface area contributed by atoms with Crippen LogP contribution < -0.4 is 5.32 Å². The maximum atomic E-state index is 12.5. The Morgan fingerprint density at radius 2 is 2.00 bits per heavy atom. The molecule has 18 heavy (non-hydrogen) atoms. The van der Waals surface area contributed by atoms with Crippen molar-refractivity contribution >= 4 is 11.9 Å². The van der Waals surface area contributed by atoms with Crippen molar-refractivity contribution in [2.75, 3.05) is 13.1 Å². The van der Waals surface area contributed by atoms with Gasteiger partial charge in [-0.25, -0.2) is 4.79 Å². The van der Waals surface area contributed by atoms with E-state index in [9.17, 15) is 14.7 Å². The van der Waals surface area contributed by atoms with E-state index < -0.39 is 12.0 Å². The summed E-state index contributed by atoms with van der Waals surface area (Å²) in [5, 5.41) is 12.5. The molecule has 0 radical (unpaired) electrons. The van der Waals surface area contributed by atoms with Crippen LogP contribution in [-0.4, -0.2) is 47.1 Å². The Morgan fingerprint density at radius 3 is 2.61 bits per heavy atom. The van der Waals surface area contributed by atoms with Crippen LogP contribution >= 0.6 is 0 Å². The van der Waals surface area contributed by atoms with Crippen LogP contribution in [-0.2, 0) is 9.59 Å². The first-order valence-electron chi connectivity index (χ1n) is 6.88. The Hall–Kier alpha value is -1.10. The highest BCUT2D eigenvalue weighted by molar-refractivity contribution is 5.87. The molecule has 2 rings (SSSR count). The van der Waals surface area contributed by atoms with Gasteiger partial charge in [-0.1, -0.05) is 19.8 Å². The molecule has 0 aromatic rings. The summed E-state index contributed by atoms with van der Waals surface area (Å²) in [4.78, 5) is 25.4. The maximum Gasteiger partial charge on any atom is 0.326 e. The number of hydrogen-bond acceptors (Lipinski definition) is 3. The SMILES string of the molecule is CC1CCNC1C(=O)N1CCCCCC1C(=O)O. The average molecular weight is 254 g/mol. The highest BCUT2D eigenvalue weighted by atomic mass is 16.4. The summed E-state index contributed by atoms with van der Waals surface area (Å²) >= 11 is 0. The molecule has 2 heterocycles. The van der Waals surface area contributed by atoms with Gasteiger partial charge in [-0.2, -0.15) is 0 Å². The zero-order valence-corrected chi connectivity index (χ0v) is 10.9. The van der Waals surface area contributed by atoms with E-state index in [2.05, 4.69) is 12.2 Å². The minimum Gasteiger partial charge on any atom is -0.480 e. The Kier molecular flexibility index (Phi) is 4.22. The lowest BCUT2D eigenvalue weighted by molar-refractivity contribution is -0.151. The van der Waals surface area contributed by atoms with Gasteiger partial charge in [0.25, 0.3) is 0 Å². The molecule has 2 N–H and O–H groups in total. The van der Waals surface area contributed by atoms with Crippen molar-refractivity contribution < 1.29 is 14.7 Å². The molecule has 5 heteroatoms. The third-order valence-corrected chi connectivity index (χ3v) is 4.12. The molecule has 0 aromatic carbocycles. The fourth-order valence-electron chi connectivity index (χ4n) is 2.97. The number of nitrogens with one attached hydrogen (secondary N) is 1. The van der Waals surface area contributed by atoms with Crippen molar-refractivity contribution in [3.05, 3.63) is 0 Å². The fourth-order valence-corrected chi connectivity index (χ4v) is 2.97. The number of carboxylic acids is 1. The minimum atomic E-state index is -0.865. The van der Waals surface area contributed by atoms with Gasteiger partial charge in [-0.15, -0.1) is 0 Å². The molecule has 2 saturated heterocycles. The molecule has 2 aliphatic rings. The van der Waals surface area contributed by atoms with E-state index in [1.807, 2.05) is 0 Å². The smallest absolute Gasteiger partial charge is 0.326 e. The Morgan fingerprint density at radius 1 is 1.22 bits per heavy atom. The van der Waals surface area contributed by atoms with Gasteiger partial charge in [-0.05, 0) is 31.7 Å². The standard InChI is InChI=1S/C13H22N2O3/c1-9-6-7-14-11(9)12(16)15-8-4-2-3-5-10(15)13(17)18/h9-11,14H,2-8H2,1H3,(H,17,18). The van der Waals surface area contributed by atoms with Crippen LogP contribution in [0, 0.1) is 5.92 Å². The van der Waals surface area contributed by atoms with Crippen LogP contribution in [0.25, 0.3) is 0 Å². The number of likely N-dealkylation sites (tertiary alicyclic amines) is 1. The van der Waals surface area contributed by atoms with Crippen molar-refractivity contribution in [1.29, 1.82) is 0 Å². The molecule has 2 fully saturated rings. The summed E-state index contributed by atoms with van der Waals surface area (Å²) in [5.41, 5.74) is 0. The topological polar surface area (TPSA) is 69.6 Å². The average Bonchev–Trinajstić information content (AvgIpc) is 2.63. The van der Waals surface area contributed by atoms with Gasteiger partial charge in [0, 0.05) is 6.54 Å². The van der Waals surface area contributed by atoms with Crippen molar-refractivity contribution in [1.82, 2.24) is 10.2 Å². The number of carbonyl (C=O) groups is 2. The maximum absolute atomic E-state index is 12.5. The van der Waals surface area contributed by atoms with Crippen LogP contribution in [0.15, 0.2) is 0 Å². The van der Waals surface area contributed by atoms with Crippen LogP contribution in [0.2, 0.25) is 0 Å². The molecule has 1 amide bonds. The number of aliphatic carboxylic acids is 1. The second kappa shape index (κ2) is 5.69. The molecule has 3 atom stereocenters. The summed E-state index contributed by atoms with van der Waals surface area (Å²) in [7, 11) is 0. The predicted octanol–water partition coefficient (Wildman–Crippen LogP) is 0.840. The molecular weight excluding hydrogens is 232 g/mol. The number of carbonyl (C=O) groups excluding carboxylic acids is 1. The lowest BCUT2D eigenvalue weighted by Crippen LogP contribution is -2.52. The number of hydrogen-bond donors (Lipinski definition) is 2. The number of amides is 1. The van der Waals surface area contributed by atoms with Crippen molar-refractivity contribution in [3.8, 4) is 0 Å². The molecule has 3 unspecified atom stereocenters. The van der Waals surface area contributed by atoms with Gasteiger partial charge in [-0.3, -0.25) is 4.79 Å². The van der Waals surface area contributed by atoms with Gasteiger partial charge in [0.2, 0.25) is 5.91 Å². The second-order valence-corrected chi connectivity index (χ2v) is 5.43. The monoisotopic (exact) mass is 254 g/mol. The lowest BCUT2D eigenvalue weighted by Gasteiger charge is -2.30. The molecule has 2 aliphatic heterocycles. The quantitative estimate of drug-likeness (QED) is 0.766. The normalized spacial score (nSPS) is 33.2. The van der Waals surface area contributed by atoms with Crippen LogP contribution in [0.5, 0.6) is 0 Å². The predicted molar refractivity (Wildman–Crippen MR) is 67.2 cm³/mol. The molecule has 0 saturated carbocycles. The zero-order chi connectivity index (χ0) is 13.1. The van der Waals surface area contributed by atoms with E-state index in [1.165, 1.54) is 0 Å². The summed E-state index contributed by atoms with van der Waals surface area (Å²) in [6.07, 6.45) is 4.40. The van der Waals surface area contributed by atoms with E-state index in [0.717, 1.165) is 32.2 Å². The molecule has 102 valence electrons. The summed E-state index contributed by atoms with van der Waals surface area (Å²) in [6, 6.07) is -0.820. The first kappa shape index (κ1) is 13.3. The summed E-state index contributed by atoms with van der Waals surface area (Å²) < 4.78 is 0. The first-order chi connectivity index (χ1) is 8.61. The third kappa shape index (κ3) is 2.66. The largest absolute Gasteiger partial charge is 0.480 e. The molecule has 0 aliphatic carbocycles. The van der Waals surface area contributed by atoms with E-state index in [-0.39, 0.29) is 11.9 Å². The van der Waals surface area contributed by atoms with Crippen LogP contribution in [0.3, 0.4) is 0 Å². The molecule has 0 aromatic heterocycles. The van der Waals surface area contributed by atoms with E-state index in [1.54, 1.807) is 4.90 Å². The summed E-state index contributed by atoms with van der Waals surface area (Å²) in [6.45, 7) is 3.49. The molecule has 0 bridgehead atoms. The zero-order valence-electron chi connectivity index (χ0n) is 10.9. The lowest BCUT2D eigenvalue weighted by atomic mass is 10.0. The number of carboxylic acid groups (broad SMARTS) is 1. The van der Waals surface area contributed by atoms with E-state index in [0.29, 0.717) is 18.9 Å². The minimum absolute atomic E-state index is 0.0192. The molecule has 0 spiro atoms. The van der Waals surface area contributed by atoms with Gasteiger partial charge in [0.05, 0.1) is 6.04 Å². The number of nitrogens with zero attached hydrogens (tertiary/aromatic N) is 1. The van der Waals surface area contributed by atoms with Gasteiger partial charge in [0.1, 0.15) is 6.04 Å². The van der Waals surface area contributed by atoms with Gasteiger partial charge < -0.3 is 15.3 Å². The Balaban J connectivity index is 2.11. The van der Waals surface area contributed by atoms with Crippen molar-refractivity contribution in [3.63, 3.8) is 0 Å². The van der Waals surface area contributed by atoms with E-state index in [4.69, 9.17) is 0 Å². The van der Waals surface area contributed by atoms with Gasteiger partial charge >= 0.3 is 5.97 Å². The Bertz CT molecular complexity index is 332. The second-order valence-electron chi connectivity index (χ2n) is 5.43. The Labute approximate surface area is 108 Å². The van der Waals surface area contributed by atoms with Gasteiger partial charge in [0.15, 0.2) is 0 Å². The van der Waals surface area contributed by atoms with Crippen LogP contribution in [0.1, 0.15) is 39.0 Å². The number of rotatable bonds is 2. The third-order valence-electron chi connectivity index (χ3n) is 4.12. The highest BCUT2D eigenvalue weighted by Gasteiger charge is 2.38. The molecular formula is C13H22N2O3. The van der Waals surface area contributed by atoms with E-state index >= 15 is 0 Å². The van der Waals surface area contributed by atoms with Crippen molar-refractivity contribution in [2.45, 2.75) is 51.1 Å². The highest BCUT2D eigenvalue weighted by Crippen LogP contribution is 2.22. The summed E-state index contributed by atoms with van der Waals surface area (Å²) in [5.74, 6) is -0.583. The van der Waals surface area contributed by atoms with Crippen molar-refractivity contribution in [2.24, 2.45) is 5.92 Å². The molecule has 5 nitrogen and oxygen atoms in total. The van der Waals surface area contributed by atoms with Crippen LogP contribution in [0.4, 0.5) is 0 Å². The first-order valence-corrected chi connectivity index (χ1v) is 6.88. The fraction of sp³-hybridized carbons (Fsp3) is 0.846.